The Balaban J connectivity index is 1.51. The number of hydrogen-bond acceptors (Lipinski definition) is 3. The third kappa shape index (κ3) is 3.54. The molecule has 114 valence electrons. The van der Waals surface area contributed by atoms with E-state index in [2.05, 4.69) is 10.2 Å². The van der Waals surface area contributed by atoms with Gasteiger partial charge in [-0.1, -0.05) is 12.1 Å². The molecular weight excluding hydrogens is 264 g/mol. The number of urea groups is 1. The number of amides is 2. The molecule has 1 aliphatic heterocycles. The van der Waals surface area contributed by atoms with Gasteiger partial charge in [-0.15, -0.1) is 0 Å². The van der Waals surface area contributed by atoms with Crippen molar-refractivity contribution in [3.63, 3.8) is 0 Å². The summed E-state index contributed by atoms with van der Waals surface area (Å²) in [6, 6.07) is 8.57. The molecule has 2 aliphatic rings. The van der Waals surface area contributed by atoms with Crippen molar-refractivity contribution in [2.75, 3.05) is 31.5 Å². The van der Waals surface area contributed by atoms with Gasteiger partial charge in [0.25, 0.3) is 0 Å². The number of hydrogen-bond donors (Lipinski definition) is 2. The Morgan fingerprint density at radius 1 is 1.19 bits per heavy atom. The van der Waals surface area contributed by atoms with Crippen LogP contribution in [0.15, 0.2) is 24.3 Å². The van der Waals surface area contributed by atoms with E-state index in [1.54, 1.807) is 0 Å². The van der Waals surface area contributed by atoms with E-state index >= 15 is 0 Å². The second-order valence-electron chi connectivity index (χ2n) is 6.10. The molecule has 3 rings (SSSR count). The number of carbonyl (C=O) groups is 1. The normalized spacial score (nSPS) is 21.1. The predicted octanol–water partition coefficient (Wildman–Crippen LogP) is 2.02. The summed E-state index contributed by atoms with van der Waals surface area (Å²) in [6.45, 7) is 5.59. The second-order valence-corrected chi connectivity index (χ2v) is 6.10. The highest BCUT2D eigenvalue weighted by atomic mass is 16.2. The Morgan fingerprint density at radius 2 is 1.81 bits per heavy atom. The van der Waals surface area contributed by atoms with Gasteiger partial charge in [0.1, 0.15) is 0 Å². The molecule has 3 N–H and O–H groups in total. The van der Waals surface area contributed by atoms with Gasteiger partial charge in [0.05, 0.1) is 0 Å². The van der Waals surface area contributed by atoms with Gasteiger partial charge < -0.3 is 16.0 Å². The molecule has 1 aromatic rings. The standard InChI is InChI=1S/C16H24N4O/c1-12(17)13-2-4-14(5-3-13)18-16(21)20-10-8-19(9-11-20)15-6-7-15/h2-5,12,15H,6-11,17H2,1H3,(H,18,21). The fourth-order valence-corrected chi connectivity index (χ4v) is 2.80. The smallest absolute Gasteiger partial charge is 0.321 e. The minimum Gasteiger partial charge on any atom is -0.324 e. The molecule has 1 saturated heterocycles. The van der Waals surface area contributed by atoms with Crippen molar-refractivity contribution in [2.45, 2.75) is 31.8 Å². The summed E-state index contributed by atoms with van der Waals surface area (Å²) in [5.41, 5.74) is 7.73. The number of nitrogens with two attached hydrogens (primary N) is 1. The highest BCUT2D eigenvalue weighted by Gasteiger charge is 2.32. The Bertz CT molecular complexity index is 488. The molecule has 1 atom stereocenters. The lowest BCUT2D eigenvalue weighted by Crippen LogP contribution is -2.50. The first-order valence-electron chi connectivity index (χ1n) is 7.79. The average molecular weight is 288 g/mol. The van der Waals surface area contributed by atoms with E-state index in [0.29, 0.717) is 0 Å². The van der Waals surface area contributed by atoms with Crippen molar-refractivity contribution in [1.29, 1.82) is 0 Å². The van der Waals surface area contributed by atoms with Gasteiger partial charge >= 0.3 is 6.03 Å². The molecule has 0 radical (unpaired) electrons. The number of benzene rings is 1. The fourth-order valence-electron chi connectivity index (χ4n) is 2.80. The second kappa shape index (κ2) is 6.03. The monoisotopic (exact) mass is 288 g/mol. The number of nitrogens with one attached hydrogen (secondary N) is 1. The van der Waals surface area contributed by atoms with Gasteiger partial charge in [0.2, 0.25) is 0 Å². The number of piperazine rings is 1. The third-order valence-electron chi connectivity index (χ3n) is 4.35. The maximum absolute atomic E-state index is 12.3. The van der Waals surface area contributed by atoms with Crippen molar-refractivity contribution < 1.29 is 4.79 Å². The summed E-state index contributed by atoms with van der Waals surface area (Å²) in [4.78, 5) is 16.7. The molecule has 1 aromatic carbocycles. The summed E-state index contributed by atoms with van der Waals surface area (Å²) in [5, 5.41) is 2.97. The summed E-state index contributed by atoms with van der Waals surface area (Å²) >= 11 is 0. The van der Waals surface area contributed by atoms with Crippen LogP contribution >= 0.6 is 0 Å². The lowest BCUT2D eigenvalue weighted by Gasteiger charge is -2.34. The molecule has 5 heteroatoms. The Kier molecular flexibility index (Phi) is 4.12. The molecule has 1 unspecified atom stereocenters. The first kappa shape index (κ1) is 14.4. The summed E-state index contributed by atoms with van der Waals surface area (Å²) < 4.78 is 0. The van der Waals surface area contributed by atoms with E-state index < -0.39 is 0 Å². The Hall–Kier alpha value is -1.59. The summed E-state index contributed by atoms with van der Waals surface area (Å²) in [7, 11) is 0. The van der Waals surface area contributed by atoms with Gasteiger partial charge in [0.15, 0.2) is 0 Å². The highest BCUT2D eigenvalue weighted by Crippen LogP contribution is 2.27. The predicted molar refractivity (Wildman–Crippen MR) is 84.2 cm³/mol. The molecule has 2 amide bonds. The fraction of sp³-hybridized carbons (Fsp3) is 0.562. The lowest BCUT2D eigenvalue weighted by atomic mass is 10.1. The van der Waals surface area contributed by atoms with Crippen molar-refractivity contribution in [3.8, 4) is 0 Å². The Labute approximate surface area is 126 Å². The first-order chi connectivity index (χ1) is 10.1. The molecule has 1 heterocycles. The van der Waals surface area contributed by atoms with Crippen LogP contribution in [0.3, 0.4) is 0 Å². The first-order valence-corrected chi connectivity index (χ1v) is 7.79. The minimum atomic E-state index is -0.000932. The van der Waals surface area contributed by atoms with Crippen LogP contribution in [0.1, 0.15) is 31.4 Å². The van der Waals surface area contributed by atoms with E-state index in [1.807, 2.05) is 36.1 Å². The topological polar surface area (TPSA) is 61.6 Å². The van der Waals surface area contributed by atoms with Crippen LogP contribution in [-0.4, -0.2) is 48.1 Å². The highest BCUT2D eigenvalue weighted by molar-refractivity contribution is 5.89. The molecule has 0 bridgehead atoms. The van der Waals surface area contributed by atoms with E-state index in [4.69, 9.17) is 5.73 Å². The molecular formula is C16H24N4O. The molecule has 1 saturated carbocycles. The zero-order valence-corrected chi connectivity index (χ0v) is 12.6. The van der Waals surface area contributed by atoms with E-state index in [1.165, 1.54) is 12.8 Å². The molecule has 0 spiro atoms. The van der Waals surface area contributed by atoms with Crippen LogP contribution in [0.25, 0.3) is 0 Å². The van der Waals surface area contributed by atoms with E-state index in [-0.39, 0.29) is 12.1 Å². The molecule has 1 aliphatic carbocycles. The van der Waals surface area contributed by atoms with Crippen LogP contribution in [-0.2, 0) is 0 Å². The van der Waals surface area contributed by atoms with Crippen molar-refractivity contribution >= 4 is 11.7 Å². The SMILES string of the molecule is CC(N)c1ccc(NC(=O)N2CCN(C3CC3)CC2)cc1. The van der Waals surface area contributed by atoms with Gasteiger partial charge in [-0.2, -0.15) is 0 Å². The van der Waals surface area contributed by atoms with Crippen molar-refractivity contribution in [1.82, 2.24) is 9.80 Å². The Morgan fingerprint density at radius 3 is 2.33 bits per heavy atom. The van der Waals surface area contributed by atoms with Gasteiger partial charge in [-0.05, 0) is 37.5 Å². The zero-order valence-electron chi connectivity index (χ0n) is 12.6. The van der Waals surface area contributed by atoms with Crippen LogP contribution in [0.5, 0.6) is 0 Å². The van der Waals surface area contributed by atoms with Gasteiger partial charge in [-0.25, -0.2) is 4.79 Å². The van der Waals surface area contributed by atoms with E-state index in [0.717, 1.165) is 43.5 Å². The van der Waals surface area contributed by atoms with Crippen LogP contribution in [0, 0.1) is 0 Å². The maximum Gasteiger partial charge on any atom is 0.321 e. The average Bonchev–Trinajstić information content (AvgIpc) is 3.32. The summed E-state index contributed by atoms with van der Waals surface area (Å²) in [6.07, 6.45) is 2.66. The van der Waals surface area contributed by atoms with Crippen molar-refractivity contribution in [3.05, 3.63) is 29.8 Å². The number of carbonyl (C=O) groups excluding carboxylic acids is 1. The largest absolute Gasteiger partial charge is 0.324 e. The number of anilines is 1. The van der Waals surface area contributed by atoms with Crippen LogP contribution in [0.4, 0.5) is 10.5 Å². The van der Waals surface area contributed by atoms with E-state index in [9.17, 15) is 4.79 Å². The molecule has 0 aromatic heterocycles. The lowest BCUT2D eigenvalue weighted by molar-refractivity contribution is 0.142. The number of nitrogens with zero attached hydrogens (tertiary/aromatic N) is 2. The molecule has 5 nitrogen and oxygen atoms in total. The summed E-state index contributed by atoms with van der Waals surface area (Å²) in [5.74, 6) is 0. The van der Waals surface area contributed by atoms with Crippen molar-refractivity contribution in [2.24, 2.45) is 5.73 Å². The quantitative estimate of drug-likeness (QED) is 0.894. The van der Waals surface area contributed by atoms with Crippen LogP contribution < -0.4 is 11.1 Å². The maximum atomic E-state index is 12.3. The minimum absolute atomic E-state index is 0.000932. The van der Waals surface area contributed by atoms with Gasteiger partial charge in [0, 0.05) is 44.0 Å². The molecule has 21 heavy (non-hydrogen) atoms. The van der Waals surface area contributed by atoms with Gasteiger partial charge in [-0.3, -0.25) is 4.90 Å². The third-order valence-corrected chi connectivity index (χ3v) is 4.35. The number of rotatable bonds is 3. The molecule has 2 fully saturated rings. The van der Waals surface area contributed by atoms with Crippen LogP contribution in [0.2, 0.25) is 0 Å². The zero-order chi connectivity index (χ0) is 14.8.